The van der Waals surface area contributed by atoms with Crippen molar-refractivity contribution in [3.63, 3.8) is 0 Å². The minimum Gasteiger partial charge on any atom is -0.391 e. The molecule has 2 nitrogen and oxygen atoms in total. The van der Waals surface area contributed by atoms with Gasteiger partial charge in [0, 0.05) is 5.56 Å². The zero-order valence-corrected chi connectivity index (χ0v) is 10.5. The lowest BCUT2D eigenvalue weighted by Gasteiger charge is -2.25. The van der Waals surface area contributed by atoms with Crippen molar-refractivity contribution in [1.29, 1.82) is 0 Å². The summed E-state index contributed by atoms with van der Waals surface area (Å²) in [5, 5.41) is 10.1. The summed E-state index contributed by atoms with van der Waals surface area (Å²) < 4.78 is 27.3. The van der Waals surface area contributed by atoms with Gasteiger partial charge in [-0.2, -0.15) is 0 Å². The predicted octanol–water partition coefficient (Wildman–Crippen LogP) is 2.82. The Labute approximate surface area is 106 Å². The molecular formula is C14H19F2NO. The Balaban J connectivity index is 2.22. The van der Waals surface area contributed by atoms with Crippen molar-refractivity contribution in [2.75, 3.05) is 0 Å². The Bertz CT molecular complexity index is 430. The van der Waals surface area contributed by atoms with Gasteiger partial charge in [0.05, 0.1) is 12.1 Å². The van der Waals surface area contributed by atoms with Crippen LogP contribution in [0.25, 0.3) is 0 Å². The monoisotopic (exact) mass is 255 g/mol. The molecule has 1 aliphatic carbocycles. The van der Waals surface area contributed by atoms with E-state index in [-0.39, 0.29) is 17.0 Å². The van der Waals surface area contributed by atoms with Gasteiger partial charge >= 0.3 is 0 Å². The summed E-state index contributed by atoms with van der Waals surface area (Å²) in [5.74, 6) is -1.70. The topological polar surface area (TPSA) is 46.2 Å². The van der Waals surface area contributed by atoms with E-state index in [0.29, 0.717) is 0 Å². The van der Waals surface area contributed by atoms with Gasteiger partial charge in [0.15, 0.2) is 11.6 Å². The van der Waals surface area contributed by atoms with E-state index < -0.39 is 23.8 Å². The molecule has 1 fully saturated rings. The number of benzene rings is 1. The van der Waals surface area contributed by atoms with Gasteiger partial charge < -0.3 is 10.8 Å². The number of nitrogens with two attached hydrogens (primary N) is 1. The molecule has 2 rings (SSSR count). The molecule has 0 heterocycles. The maximum absolute atomic E-state index is 13.8. The van der Waals surface area contributed by atoms with E-state index in [1.165, 1.54) is 19.1 Å². The second-order valence-electron chi connectivity index (χ2n) is 5.16. The van der Waals surface area contributed by atoms with Crippen LogP contribution in [0, 0.1) is 24.5 Å². The second kappa shape index (κ2) is 5.33. The summed E-state index contributed by atoms with van der Waals surface area (Å²) in [7, 11) is 0. The molecule has 2 atom stereocenters. The molecule has 1 aromatic rings. The standard InChI is InChI=1S/C14H19F2NO/c1-8-6-7-10(12(16)11(8)15)13(17)14(18)9-4-2-3-5-9/h6-7,9,13-14,18H,2-5,17H2,1H3/t13-,14+/m0/s1. The fourth-order valence-electron chi connectivity index (χ4n) is 2.69. The Morgan fingerprint density at radius 3 is 2.44 bits per heavy atom. The summed E-state index contributed by atoms with van der Waals surface area (Å²) in [6.07, 6.45) is 3.15. The van der Waals surface area contributed by atoms with Gasteiger partial charge in [-0.05, 0) is 31.2 Å². The number of hydrogen-bond acceptors (Lipinski definition) is 2. The average molecular weight is 255 g/mol. The maximum Gasteiger partial charge on any atom is 0.163 e. The van der Waals surface area contributed by atoms with Crippen molar-refractivity contribution < 1.29 is 13.9 Å². The molecule has 0 radical (unpaired) electrons. The van der Waals surface area contributed by atoms with Gasteiger partial charge in [-0.15, -0.1) is 0 Å². The SMILES string of the molecule is Cc1ccc([C@H](N)[C@H](O)C2CCCC2)c(F)c1F. The molecule has 100 valence electrons. The third-order valence-electron chi connectivity index (χ3n) is 3.92. The lowest BCUT2D eigenvalue weighted by Crippen LogP contribution is -2.32. The number of rotatable bonds is 3. The van der Waals surface area contributed by atoms with Crippen molar-refractivity contribution >= 4 is 0 Å². The fourth-order valence-corrected chi connectivity index (χ4v) is 2.69. The van der Waals surface area contributed by atoms with Crippen LogP contribution in [0.15, 0.2) is 12.1 Å². The Hall–Kier alpha value is -1.00. The van der Waals surface area contributed by atoms with Crippen molar-refractivity contribution in [1.82, 2.24) is 0 Å². The summed E-state index contributed by atoms with van der Waals surface area (Å²) in [6, 6.07) is 2.11. The zero-order chi connectivity index (χ0) is 13.3. The highest BCUT2D eigenvalue weighted by Crippen LogP contribution is 2.33. The molecule has 4 heteroatoms. The smallest absolute Gasteiger partial charge is 0.163 e. The summed E-state index contributed by atoms with van der Waals surface area (Å²) in [5.41, 5.74) is 6.20. The molecule has 0 amide bonds. The van der Waals surface area contributed by atoms with Crippen LogP contribution in [-0.2, 0) is 0 Å². The number of aryl methyl sites for hydroxylation is 1. The van der Waals surface area contributed by atoms with E-state index in [0.717, 1.165) is 25.7 Å². The third-order valence-corrected chi connectivity index (χ3v) is 3.92. The molecule has 18 heavy (non-hydrogen) atoms. The molecule has 1 saturated carbocycles. The van der Waals surface area contributed by atoms with Crippen molar-refractivity contribution in [3.8, 4) is 0 Å². The molecule has 0 aliphatic heterocycles. The van der Waals surface area contributed by atoms with E-state index in [4.69, 9.17) is 5.73 Å². The Kier molecular flexibility index (Phi) is 3.97. The highest BCUT2D eigenvalue weighted by molar-refractivity contribution is 5.28. The van der Waals surface area contributed by atoms with Gasteiger partial charge in [-0.25, -0.2) is 8.78 Å². The van der Waals surface area contributed by atoms with E-state index in [2.05, 4.69) is 0 Å². The lowest BCUT2D eigenvalue weighted by molar-refractivity contribution is 0.0830. The van der Waals surface area contributed by atoms with Crippen LogP contribution in [-0.4, -0.2) is 11.2 Å². The van der Waals surface area contributed by atoms with Gasteiger partial charge in [0.2, 0.25) is 0 Å². The van der Waals surface area contributed by atoms with Crippen molar-refractivity contribution in [2.24, 2.45) is 11.7 Å². The second-order valence-corrected chi connectivity index (χ2v) is 5.16. The Morgan fingerprint density at radius 2 is 1.83 bits per heavy atom. The molecule has 3 N–H and O–H groups in total. The van der Waals surface area contributed by atoms with Gasteiger partial charge in [-0.1, -0.05) is 25.0 Å². The first kappa shape index (κ1) is 13.4. The van der Waals surface area contributed by atoms with Crippen LogP contribution in [0.4, 0.5) is 8.78 Å². The molecule has 0 aromatic heterocycles. The van der Waals surface area contributed by atoms with E-state index in [1.54, 1.807) is 0 Å². The lowest BCUT2D eigenvalue weighted by atomic mass is 9.90. The van der Waals surface area contributed by atoms with E-state index in [1.807, 2.05) is 0 Å². The van der Waals surface area contributed by atoms with Crippen LogP contribution in [0.1, 0.15) is 42.9 Å². The normalized spacial score (nSPS) is 20.1. The summed E-state index contributed by atoms with van der Waals surface area (Å²) >= 11 is 0. The quantitative estimate of drug-likeness (QED) is 0.872. The van der Waals surface area contributed by atoms with Crippen LogP contribution in [0.2, 0.25) is 0 Å². The third kappa shape index (κ3) is 2.40. The number of aliphatic hydroxyl groups is 1. The van der Waals surface area contributed by atoms with Crippen molar-refractivity contribution in [3.05, 3.63) is 34.9 Å². The number of aliphatic hydroxyl groups excluding tert-OH is 1. The number of hydrogen-bond donors (Lipinski definition) is 2. The molecule has 1 aliphatic rings. The minimum atomic E-state index is -0.931. The van der Waals surface area contributed by atoms with Crippen LogP contribution >= 0.6 is 0 Å². The molecule has 0 bridgehead atoms. The van der Waals surface area contributed by atoms with Crippen molar-refractivity contribution in [2.45, 2.75) is 44.8 Å². The van der Waals surface area contributed by atoms with Gasteiger partial charge in [0.25, 0.3) is 0 Å². The van der Waals surface area contributed by atoms with Gasteiger partial charge in [0.1, 0.15) is 0 Å². The highest BCUT2D eigenvalue weighted by atomic mass is 19.2. The summed E-state index contributed by atoms with van der Waals surface area (Å²) in [6.45, 7) is 1.50. The Morgan fingerprint density at radius 1 is 1.22 bits per heavy atom. The van der Waals surface area contributed by atoms with Crippen LogP contribution < -0.4 is 5.73 Å². The summed E-state index contributed by atoms with van der Waals surface area (Å²) in [4.78, 5) is 0. The molecule has 0 unspecified atom stereocenters. The van der Waals surface area contributed by atoms with Crippen LogP contribution in [0.5, 0.6) is 0 Å². The minimum absolute atomic E-state index is 0.0671. The fraction of sp³-hybridized carbons (Fsp3) is 0.571. The van der Waals surface area contributed by atoms with Crippen LogP contribution in [0.3, 0.4) is 0 Å². The first-order chi connectivity index (χ1) is 8.52. The van der Waals surface area contributed by atoms with E-state index in [9.17, 15) is 13.9 Å². The first-order valence-corrected chi connectivity index (χ1v) is 6.40. The predicted molar refractivity (Wildman–Crippen MR) is 66.0 cm³/mol. The highest BCUT2D eigenvalue weighted by Gasteiger charge is 2.30. The maximum atomic E-state index is 13.8. The van der Waals surface area contributed by atoms with Gasteiger partial charge in [-0.3, -0.25) is 0 Å². The molecule has 1 aromatic carbocycles. The van der Waals surface area contributed by atoms with E-state index >= 15 is 0 Å². The zero-order valence-electron chi connectivity index (χ0n) is 10.5. The largest absolute Gasteiger partial charge is 0.391 e. The molecule has 0 spiro atoms. The molecule has 0 saturated heterocycles. The number of halogens is 2. The molecular weight excluding hydrogens is 236 g/mol. The average Bonchev–Trinajstić information content (AvgIpc) is 2.88. The first-order valence-electron chi connectivity index (χ1n) is 6.40.